The largest absolute Gasteiger partial charge is 0.465 e. The Labute approximate surface area is 87.9 Å². The lowest BCUT2D eigenvalue weighted by atomic mass is 10.0. The number of likely N-dealkylation sites (tertiary alicyclic amines) is 1. The number of carbonyl (C=O) groups is 1. The highest BCUT2D eigenvalue weighted by Gasteiger charge is 2.48. The van der Waals surface area contributed by atoms with Crippen LogP contribution in [0.4, 0.5) is 4.79 Å². The van der Waals surface area contributed by atoms with Crippen molar-refractivity contribution in [3.05, 3.63) is 0 Å². The molecular formula is C9H16N2O4. The molecule has 0 spiro atoms. The minimum Gasteiger partial charge on any atom is -0.465 e. The van der Waals surface area contributed by atoms with Gasteiger partial charge < -0.3 is 25.2 Å². The lowest BCUT2D eigenvalue weighted by molar-refractivity contribution is -0.145. The monoisotopic (exact) mass is 216 g/mol. The molecule has 2 aliphatic rings. The number of ether oxygens (including phenoxy) is 2. The van der Waals surface area contributed by atoms with Gasteiger partial charge >= 0.3 is 6.09 Å². The van der Waals surface area contributed by atoms with Gasteiger partial charge in [0.25, 0.3) is 0 Å². The van der Waals surface area contributed by atoms with Gasteiger partial charge in [-0.2, -0.15) is 0 Å². The summed E-state index contributed by atoms with van der Waals surface area (Å²) in [6.07, 6.45) is -1.41. The van der Waals surface area contributed by atoms with E-state index in [1.807, 2.05) is 13.8 Å². The molecular weight excluding hydrogens is 200 g/mol. The zero-order chi connectivity index (χ0) is 11.2. The molecule has 15 heavy (non-hydrogen) atoms. The van der Waals surface area contributed by atoms with E-state index in [9.17, 15) is 4.79 Å². The molecule has 0 aliphatic carbocycles. The van der Waals surface area contributed by atoms with Gasteiger partial charge in [-0.3, -0.25) is 0 Å². The maximum absolute atomic E-state index is 10.8. The third kappa shape index (κ3) is 1.92. The predicted molar refractivity (Wildman–Crippen MR) is 51.4 cm³/mol. The van der Waals surface area contributed by atoms with Gasteiger partial charge in [0.1, 0.15) is 12.2 Å². The van der Waals surface area contributed by atoms with Gasteiger partial charge in [0.05, 0.1) is 12.6 Å². The Hall–Kier alpha value is -0.850. The Morgan fingerprint density at radius 2 is 2.13 bits per heavy atom. The van der Waals surface area contributed by atoms with Gasteiger partial charge in [0.2, 0.25) is 0 Å². The highest BCUT2D eigenvalue weighted by molar-refractivity contribution is 5.65. The van der Waals surface area contributed by atoms with Crippen molar-refractivity contribution in [2.24, 2.45) is 5.73 Å². The molecule has 0 radical (unpaired) electrons. The molecule has 0 aromatic rings. The van der Waals surface area contributed by atoms with Crippen LogP contribution in [0.2, 0.25) is 0 Å². The average molecular weight is 216 g/mol. The van der Waals surface area contributed by atoms with Crippen LogP contribution in [0.1, 0.15) is 13.8 Å². The van der Waals surface area contributed by atoms with E-state index in [4.69, 9.17) is 20.3 Å². The van der Waals surface area contributed by atoms with Crippen LogP contribution in [0.3, 0.4) is 0 Å². The number of rotatable bonds is 0. The number of piperidine rings is 1. The summed E-state index contributed by atoms with van der Waals surface area (Å²) >= 11 is 0. The number of carboxylic acid groups (broad SMARTS) is 1. The van der Waals surface area contributed by atoms with E-state index in [2.05, 4.69) is 0 Å². The summed E-state index contributed by atoms with van der Waals surface area (Å²) in [4.78, 5) is 12.1. The third-order valence-corrected chi connectivity index (χ3v) is 2.75. The molecule has 2 heterocycles. The summed E-state index contributed by atoms with van der Waals surface area (Å²) in [6.45, 7) is 4.25. The molecule has 6 heteroatoms. The van der Waals surface area contributed by atoms with Gasteiger partial charge in [-0.15, -0.1) is 0 Å². The molecule has 6 nitrogen and oxygen atoms in total. The van der Waals surface area contributed by atoms with Crippen molar-refractivity contribution in [3.8, 4) is 0 Å². The fourth-order valence-electron chi connectivity index (χ4n) is 2.17. The SMILES string of the molecule is CC1(C)O[C@H]2[C@H](CN(C(=O)O)C[C@@H]2N)O1. The van der Waals surface area contributed by atoms with E-state index in [-0.39, 0.29) is 18.2 Å². The first-order chi connectivity index (χ1) is 6.89. The van der Waals surface area contributed by atoms with E-state index in [0.717, 1.165) is 0 Å². The Kier molecular flexibility index (Phi) is 2.37. The first-order valence-corrected chi connectivity index (χ1v) is 4.98. The fraction of sp³-hybridized carbons (Fsp3) is 0.889. The normalized spacial score (nSPS) is 38.9. The topological polar surface area (TPSA) is 85.0 Å². The minimum atomic E-state index is -0.961. The van der Waals surface area contributed by atoms with Crippen LogP contribution in [0, 0.1) is 0 Å². The molecule has 3 N–H and O–H groups in total. The molecule has 0 aromatic carbocycles. The van der Waals surface area contributed by atoms with Crippen molar-refractivity contribution < 1.29 is 19.4 Å². The zero-order valence-corrected chi connectivity index (χ0v) is 8.84. The van der Waals surface area contributed by atoms with Crippen LogP contribution in [0.25, 0.3) is 0 Å². The van der Waals surface area contributed by atoms with Crippen molar-refractivity contribution in [2.45, 2.75) is 37.9 Å². The van der Waals surface area contributed by atoms with Crippen LogP contribution >= 0.6 is 0 Å². The third-order valence-electron chi connectivity index (χ3n) is 2.75. The first-order valence-electron chi connectivity index (χ1n) is 4.98. The van der Waals surface area contributed by atoms with Crippen LogP contribution < -0.4 is 5.73 Å². The number of nitrogens with zero attached hydrogens (tertiary/aromatic N) is 1. The fourth-order valence-corrected chi connectivity index (χ4v) is 2.17. The molecule has 2 aliphatic heterocycles. The van der Waals surface area contributed by atoms with Crippen LogP contribution in [-0.4, -0.2) is 53.2 Å². The molecule has 2 fully saturated rings. The molecule has 0 aromatic heterocycles. The van der Waals surface area contributed by atoms with E-state index < -0.39 is 11.9 Å². The van der Waals surface area contributed by atoms with Gasteiger partial charge in [-0.25, -0.2) is 4.79 Å². The maximum Gasteiger partial charge on any atom is 0.407 e. The van der Waals surface area contributed by atoms with Crippen molar-refractivity contribution >= 4 is 6.09 Å². The summed E-state index contributed by atoms with van der Waals surface area (Å²) in [7, 11) is 0. The summed E-state index contributed by atoms with van der Waals surface area (Å²) in [6, 6.07) is -0.318. The number of amides is 1. The smallest absolute Gasteiger partial charge is 0.407 e. The summed E-state index contributed by atoms with van der Waals surface area (Å²) < 4.78 is 11.2. The Morgan fingerprint density at radius 1 is 1.47 bits per heavy atom. The molecule has 2 saturated heterocycles. The second kappa shape index (κ2) is 3.33. The maximum atomic E-state index is 10.8. The van der Waals surface area contributed by atoms with Crippen molar-refractivity contribution in [1.29, 1.82) is 0 Å². The molecule has 0 unspecified atom stereocenters. The van der Waals surface area contributed by atoms with Crippen molar-refractivity contribution in [1.82, 2.24) is 4.90 Å². The highest BCUT2D eigenvalue weighted by Crippen LogP contribution is 2.32. The lowest BCUT2D eigenvalue weighted by Gasteiger charge is -2.35. The van der Waals surface area contributed by atoms with E-state index in [0.29, 0.717) is 13.1 Å². The second-order valence-corrected chi connectivity index (χ2v) is 4.49. The van der Waals surface area contributed by atoms with Gasteiger partial charge in [0.15, 0.2) is 5.79 Å². The van der Waals surface area contributed by atoms with E-state index >= 15 is 0 Å². The standard InChI is InChI=1S/C9H16N2O4/c1-9(2)14-6-4-11(8(12)13)3-5(10)7(6)15-9/h5-7H,3-4,10H2,1-2H3,(H,12,13)/t5-,6-,7+/m0/s1. The number of fused-ring (bicyclic) bond motifs is 1. The predicted octanol–water partition coefficient (Wildman–Crippen LogP) is -0.173. The number of hydrogen-bond acceptors (Lipinski definition) is 4. The summed E-state index contributed by atoms with van der Waals surface area (Å²) in [5, 5.41) is 8.88. The zero-order valence-electron chi connectivity index (χ0n) is 8.84. The van der Waals surface area contributed by atoms with Crippen molar-refractivity contribution in [3.63, 3.8) is 0 Å². The van der Waals surface area contributed by atoms with E-state index in [1.54, 1.807) is 0 Å². The quantitative estimate of drug-likeness (QED) is 0.587. The molecule has 2 rings (SSSR count). The highest BCUT2D eigenvalue weighted by atomic mass is 16.8. The molecule has 0 bridgehead atoms. The van der Waals surface area contributed by atoms with Gasteiger partial charge in [0, 0.05) is 6.54 Å². The molecule has 1 amide bonds. The van der Waals surface area contributed by atoms with Crippen LogP contribution in [0.15, 0.2) is 0 Å². The van der Waals surface area contributed by atoms with Crippen molar-refractivity contribution in [2.75, 3.05) is 13.1 Å². The Balaban J connectivity index is 2.10. The Morgan fingerprint density at radius 3 is 2.73 bits per heavy atom. The second-order valence-electron chi connectivity index (χ2n) is 4.49. The minimum absolute atomic E-state index is 0.199. The summed E-state index contributed by atoms with van der Waals surface area (Å²) in [5.74, 6) is -0.665. The molecule has 3 atom stereocenters. The molecule has 0 saturated carbocycles. The average Bonchev–Trinajstić information content (AvgIpc) is 2.39. The number of hydrogen-bond donors (Lipinski definition) is 2. The Bertz CT molecular complexity index is 281. The van der Waals surface area contributed by atoms with Gasteiger partial charge in [-0.05, 0) is 13.8 Å². The van der Waals surface area contributed by atoms with Crippen LogP contribution in [0.5, 0.6) is 0 Å². The van der Waals surface area contributed by atoms with E-state index in [1.165, 1.54) is 4.90 Å². The summed E-state index contributed by atoms with van der Waals surface area (Å²) in [5.41, 5.74) is 5.86. The number of nitrogens with two attached hydrogens (primary N) is 1. The van der Waals surface area contributed by atoms with Gasteiger partial charge in [-0.1, -0.05) is 0 Å². The first kappa shape index (κ1) is 10.7. The molecule has 86 valence electrons. The lowest BCUT2D eigenvalue weighted by Crippen LogP contribution is -2.58. The van der Waals surface area contributed by atoms with Crippen LogP contribution in [-0.2, 0) is 9.47 Å².